The molecule has 1 saturated heterocycles. The Balaban J connectivity index is 1.49. The van der Waals surface area contributed by atoms with Crippen LogP contribution in [0.15, 0.2) is 51.9 Å². The Labute approximate surface area is 194 Å². The van der Waals surface area contributed by atoms with Crippen LogP contribution >= 0.6 is 0 Å². The maximum Gasteiger partial charge on any atom is 0.243 e. The van der Waals surface area contributed by atoms with Crippen molar-refractivity contribution in [3.8, 4) is 11.4 Å². The van der Waals surface area contributed by atoms with Gasteiger partial charge in [0, 0.05) is 32.1 Å². The van der Waals surface area contributed by atoms with Crippen LogP contribution in [0.4, 0.5) is 0 Å². The van der Waals surface area contributed by atoms with E-state index in [0.717, 1.165) is 11.1 Å². The number of sulfonamides is 1. The fraction of sp³-hybridized carbons (Fsp3) is 0.375. The lowest BCUT2D eigenvalue weighted by atomic mass is 9.98. The fourth-order valence-corrected chi connectivity index (χ4v) is 5.76. The molecule has 4 rings (SSSR count). The van der Waals surface area contributed by atoms with Crippen molar-refractivity contribution in [1.29, 1.82) is 0 Å². The van der Waals surface area contributed by atoms with Gasteiger partial charge in [-0.2, -0.15) is 9.29 Å². The Morgan fingerprint density at radius 1 is 1.15 bits per heavy atom. The minimum absolute atomic E-state index is 0.122. The summed E-state index contributed by atoms with van der Waals surface area (Å²) in [6.07, 6.45) is 1.29. The highest BCUT2D eigenvalue weighted by Crippen LogP contribution is 2.29. The van der Waals surface area contributed by atoms with Crippen LogP contribution in [0.3, 0.4) is 0 Å². The molecular formula is C24H28N4O4S. The summed E-state index contributed by atoms with van der Waals surface area (Å²) in [6.45, 7) is 6.42. The predicted octanol–water partition coefficient (Wildman–Crippen LogP) is 3.38. The predicted molar refractivity (Wildman–Crippen MR) is 124 cm³/mol. The fourth-order valence-electron chi connectivity index (χ4n) is 3.99. The van der Waals surface area contributed by atoms with Crippen molar-refractivity contribution in [3.05, 3.63) is 65.0 Å². The van der Waals surface area contributed by atoms with Crippen LogP contribution in [0.5, 0.6) is 0 Å². The van der Waals surface area contributed by atoms with Crippen LogP contribution in [0.2, 0.25) is 0 Å². The summed E-state index contributed by atoms with van der Waals surface area (Å²) in [7, 11) is -3.79. The molecule has 1 N–H and O–H groups in total. The van der Waals surface area contributed by atoms with E-state index >= 15 is 0 Å². The van der Waals surface area contributed by atoms with E-state index in [-0.39, 0.29) is 23.3 Å². The Bertz CT molecular complexity index is 1250. The second-order valence-electron chi connectivity index (χ2n) is 8.52. The number of nitrogens with one attached hydrogen (secondary N) is 1. The molecule has 3 aromatic rings. The van der Waals surface area contributed by atoms with E-state index < -0.39 is 10.0 Å². The van der Waals surface area contributed by atoms with Gasteiger partial charge in [0.15, 0.2) is 0 Å². The van der Waals surface area contributed by atoms with Gasteiger partial charge in [0.1, 0.15) is 0 Å². The zero-order valence-electron chi connectivity index (χ0n) is 19.0. The molecule has 0 spiro atoms. The van der Waals surface area contributed by atoms with Gasteiger partial charge in [0.05, 0.1) is 10.8 Å². The highest BCUT2D eigenvalue weighted by atomic mass is 32.2. The number of carbonyl (C=O) groups is 1. The van der Waals surface area contributed by atoms with Gasteiger partial charge in [-0.25, -0.2) is 8.42 Å². The lowest BCUT2D eigenvalue weighted by Gasteiger charge is -2.31. The molecule has 1 fully saturated rings. The van der Waals surface area contributed by atoms with Crippen molar-refractivity contribution in [2.75, 3.05) is 13.1 Å². The van der Waals surface area contributed by atoms with Gasteiger partial charge >= 0.3 is 0 Å². The molecule has 1 aromatic heterocycles. The molecule has 0 aliphatic carbocycles. The molecule has 8 nitrogen and oxygen atoms in total. The first kappa shape index (κ1) is 23.1. The number of piperidine rings is 1. The lowest BCUT2D eigenvalue weighted by Crippen LogP contribution is -2.45. The summed E-state index contributed by atoms with van der Waals surface area (Å²) in [4.78, 5) is 17.2. The lowest BCUT2D eigenvalue weighted by molar-refractivity contribution is -0.126. The van der Waals surface area contributed by atoms with E-state index in [4.69, 9.17) is 4.52 Å². The molecule has 2 aromatic carbocycles. The average molecular weight is 469 g/mol. The van der Waals surface area contributed by atoms with Crippen molar-refractivity contribution in [2.45, 2.75) is 45.1 Å². The first-order chi connectivity index (χ1) is 15.7. The Morgan fingerprint density at radius 3 is 2.61 bits per heavy atom. The Hall–Kier alpha value is -3.04. The molecule has 0 saturated carbocycles. The maximum absolute atomic E-state index is 13.5. The highest BCUT2D eigenvalue weighted by Gasteiger charge is 2.34. The van der Waals surface area contributed by atoms with Crippen LogP contribution in [-0.4, -0.2) is 41.9 Å². The second-order valence-corrected chi connectivity index (χ2v) is 10.4. The molecule has 0 radical (unpaired) electrons. The number of aryl methyl sites for hydroxylation is 3. The smallest absolute Gasteiger partial charge is 0.243 e. The molecule has 33 heavy (non-hydrogen) atoms. The summed E-state index contributed by atoms with van der Waals surface area (Å²) >= 11 is 0. The minimum Gasteiger partial charge on any atom is -0.352 e. The molecular weight excluding hydrogens is 440 g/mol. The number of aromatic nitrogens is 2. The zero-order chi connectivity index (χ0) is 23.6. The van der Waals surface area contributed by atoms with Crippen molar-refractivity contribution < 1.29 is 17.7 Å². The number of nitrogens with zero attached hydrogens (tertiary/aromatic N) is 3. The van der Waals surface area contributed by atoms with Crippen LogP contribution < -0.4 is 5.32 Å². The number of benzene rings is 2. The van der Waals surface area contributed by atoms with E-state index in [1.165, 1.54) is 4.31 Å². The first-order valence-electron chi connectivity index (χ1n) is 11.0. The van der Waals surface area contributed by atoms with Gasteiger partial charge in [-0.3, -0.25) is 4.79 Å². The molecule has 174 valence electrons. The topological polar surface area (TPSA) is 105 Å². The molecule has 1 atom stereocenters. The molecule has 1 aliphatic rings. The van der Waals surface area contributed by atoms with Crippen molar-refractivity contribution in [3.63, 3.8) is 0 Å². The van der Waals surface area contributed by atoms with Gasteiger partial charge < -0.3 is 9.84 Å². The van der Waals surface area contributed by atoms with E-state index in [1.807, 2.05) is 31.2 Å². The van der Waals surface area contributed by atoms with E-state index in [9.17, 15) is 13.2 Å². The summed E-state index contributed by atoms with van der Waals surface area (Å²) in [5.41, 5.74) is 3.37. The van der Waals surface area contributed by atoms with E-state index in [1.54, 1.807) is 32.0 Å². The van der Waals surface area contributed by atoms with Crippen LogP contribution in [0.1, 0.15) is 35.4 Å². The van der Waals surface area contributed by atoms with Crippen molar-refractivity contribution >= 4 is 15.9 Å². The molecule has 1 amide bonds. The molecule has 1 aliphatic heterocycles. The third kappa shape index (κ3) is 5.15. The van der Waals surface area contributed by atoms with Crippen LogP contribution in [0.25, 0.3) is 11.4 Å². The zero-order valence-corrected chi connectivity index (χ0v) is 19.9. The minimum atomic E-state index is -3.79. The average Bonchev–Trinajstić information content (AvgIpc) is 3.25. The number of amides is 1. The van der Waals surface area contributed by atoms with Crippen LogP contribution in [-0.2, 0) is 21.4 Å². The Morgan fingerprint density at radius 2 is 1.91 bits per heavy atom. The third-order valence-electron chi connectivity index (χ3n) is 5.93. The first-order valence-corrected chi connectivity index (χ1v) is 12.4. The third-order valence-corrected chi connectivity index (χ3v) is 7.94. The second kappa shape index (κ2) is 9.44. The number of hydrogen-bond donors (Lipinski definition) is 1. The normalized spacial score (nSPS) is 17.1. The highest BCUT2D eigenvalue weighted by molar-refractivity contribution is 7.89. The largest absolute Gasteiger partial charge is 0.352 e. The summed E-state index contributed by atoms with van der Waals surface area (Å²) < 4.78 is 33.5. The number of hydrogen-bond acceptors (Lipinski definition) is 6. The van der Waals surface area contributed by atoms with E-state index in [0.29, 0.717) is 48.8 Å². The van der Waals surface area contributed by atoms with E-state index in [2.05, 4.69) is 15.5 Å². The van der Waals surface area contributed by atoms with Gasteiger partial charge in [0.2, 0.25) is 27.6 Å². The quantitative estimate of drug-likeness (QED) is 0.595. The summed E-state index contributed by atoms with van der Waals surface area (Å²) in [5.74, 6) is 0.243. The Kier molecular flexibility index (Phi) is 6.62. The number of carbonyl (C=O) groups excluding carboxylic acids is 1. The summed E-state index contributed by atoms with van der Waals surface area (Å²) in [5, 5.41) is 6.85. The van der Waals surface area contributed by atoms with Crippen molar-refractivity contribution in [2.24, 2.45) is 5.92 Å². The standard InChI is InChI=1S/C24H28N4O4S/c1-16-6-9-19(10-7-16)14-25-24(29)21-5-4-12-28(15-21)33(30,31)22-13-20(11-8-17(22)2)23-26-18(3)32-27-23/h6-11,13,21H,4-5,12,14-15H2,1-3H3,(H,25,29)/t21-/m1/s1. The molecule has 0 unspecified atom stereocenters. The molecule has 2 heterocycles. The summed E-state index contributed by atoms with van der Waals surface area (Å²) in [6, 6.07) is 13.1. The van der Waals surface area contributed by atoms with Gasteiger partial charge in [0.25, 0.3) is 0 Å². The molecule has 9 heteroatoms. The van der Waals surface area contributed by atoms with Gasteiger partial charge in [-0.1, -0.05) is 47.1 Å². The van der Waals surface area contributed by atoms with Crippen LogP contribution in [0, 0.1) is 26.7 Å². The molecule has 0 bridgehead atoms. The van der Waals surface area contributed by atoms with Crippen molar-refractivity contribution in [1.82, 2.24) is 19.8 Å². The SMILES string of the molecule is Cc1ccc(CNC(=O)[C@@H]2CCCN(S(=O)(=O)c3cc(-c4noc(C)n4)ccc3C)C2)cc1. The number of rotatable bonds is 6. The monoisotopic (exact) mass is 468 g/mol. The maximum atomic E-state index is 13.5. The van der Waals surface area contributed by atoms with Gasteiger partial charge in [-0.05, 0) is 43.9 Å². The van der Waals surface area contributed by atoms with Gasteiger partial charge in [-0.15, -0.1) is 0 Å².